The maximum atomic E-state index is 12.2. The smallest absolute Gasteiger partial charge is 0.330 e. The van der Waals surface area contributed by atoms with E-state index in [1.54, 1.807) is 17.3 Å². The van der Waals surface area contributed by atoms with E-state index in [1.807, 2.05) is 0 Å². The number of amides is 1. The molecule has 0 saturated carbocycles. The second-order valence-corrected chi connectivity index (χ2v) is 4.72. The minimum absolute atomic E-state index is 0.156. The van der Waals surface area contributed by atoms with Crippen LogP contribution in [0.3, 0.4) is 0 Å². The minimum atomic E-state index is -0.548. The monoisotopic (exact) mass is 269 g/mol. The highest BCUT2D eigenvalue weighted by Crippen LogP contribution is 2.14. The van der Waals surface area contributed by atoms with E-state index in [9.17, 15) is 9.59 Å². The molecule has 0 radical (unpaired) electrons. The first-order valence-electron chi connectivity index (χ1n) is 5.81. The van der Waals surface area contributed by atoms with E-state index in [2.05, 4.69) is 10.3 Å². The van der Waals surface area contributed by atoms with Crippen molar-refractivity contribution in [2.75, 3.05) is 26.2 Å². The van der Waals surface area contributed by atoms with E-state index in [1.165, 1.54) is 17.5 Å². The van der Waals surface area contributed by atoms with Crippen molar-refractivity contribution >= 4 is 23.2 Å². The molecule has 1 amide bonds. The van der Waals surface area contributed by atoms with Crippen LogP contribution in [0, 0.1) is 0 Å². The molecule has 0 aromatic carbocycles. The Morgan fingerprint density at radius 1 is 1.67 bits per heavy atom. The summed E-state index contributed by atoms with van der Waals surface area (Å²) in [6.07, 6.45) is 1.53. The molecule has 18 heavy (non-hydrogen) atoms. The van der Waals surface area contributed by atoms with Crippen molar-refractivity contribution in [3.05, 3.63) is 16.6 Å². The molecule has 0 bridgehead atoms. The number of hydrogen-bond acceptors (Lipinski definition) is 6. The molecule has 2 heterocycles. The molecule has 1 aliphatic heterocycles. The van der Waals surface area contributed by atoms with Crippen LogP contribution in [0.4, 0.5) is 0 Å². The summed E-state index contributed by atoms with van der Waals surface area (Å²) in [5.74, 6) is -0.514. The fourth-order valence-corrected chi connectivity index (χ4v) is 2.43. The molecule has 1 atom stereocenters. The third-order valence-corrected chi connectivity index (χ3v) is 3.47. The number of piperazine rings is 1. The highest BCUT2D eigenvalue weighted by atomic mass is 32.1. The van der Waals surface area contributed by atoms with Crippen molar-refractivity contribution in [2.45, 2.75) is 13.0 Å². The van der Waals surface area contributed by atoms with Crippen LogP contribution >= 0.6 is 11.3 Å². The fraction of sp³-hybridized carbons (Fsp3) is 0.545. The lowest BCUT2D eigenvalue weighted by molar-refractivity contribution is -0.149. The van der Waals surface area contributed by atoms with Gasteiger partial charge in [-0.15, -0.1) is 11.3 Å². The Balaban J connectivity index is 2.12. The number of aromatic nitrogens is 1. The molecule has 0 spiro atoms. The van der Waals surface area contributed by atoms with Crippen molar-refractivity contribution < 1.29 is 14.3 Å². The summed E-state index contributed by atoms with van der Waals surface area (Å²) in [7, 11) is 0. The predicted octanol–water partition coefficient (Wildman–Crippen LogP) is 0.120. The minimum Gasteiger partial charge on any atom is -0.464 e. The topological polar surface area (TPSA) is 71.5 Å². The molecular formula is C11H15N3O3S. The first-order valence-corrected chi connectivity index (χ1v) is 6.68. The quantitative estimate of drug-likeness (QED) is 0.789. The molecule has 0 aliphatic carbocycles. The number of carbonyl (C=O) groups is 2. The number of carbonyl (C=O) groups excluding carboxylic acids is 2. The second kappa shape index (κ2) is 5.92. The maximum Gasteiger partial charge on any atom is 0.330 e. The van der Waals surface area contributed by atoms with Crippen LogP contribution in [-0.2, 0) is 9.53 Å². The summed E-state index contributed by atoms with van der Waals surface area (Å²) in [6.45, 7) is 3.69. The van der Waals surface area contributed by atoms with Crippen molar-refractivity contribution in [2.24, 2.45) is 0 Å². The van der Waals surface area contributed by atoms with E-state index in [-0.39, 0.29) is 11.9 Å². The molecule has 1 aliphatic rings. The van der Waals surface area contributed by atoms with Gasteiger partial charge in [-0.25, -0.2) is 4.79 Å². The molecule has 1 N–H and O–H groups in total. The lowest BCUT2D eigenvalue weighted by Crippen LogP contribution is -2.57. The van der Waals surface area contributed by atoms with Gasteiger partial charge in [0.15, 0.2) is 0 Å². The standard InChI is InChI=1S/C11H15N3O3S/c1-2-17-11(16)8-5-12-3-4-14(8)10(15)9-6-13-7-18-9/h6-8,12H,2-5H2,1H3. The number of rotatable bonds is 3. The first kappa shape index (κ1) is 13.0. The van der Waals surface area contributed by atoms with E-state index >= 15 is 0 Å². The van der Waals surface area contributed by atoms with Crippen LogP contribution in [0.2, 0.25) is 0 Å². The Kier molecular flexibility index (Phi) is 4.27. The molecule has 6 nitrogen and oxygen atoms in total. The summed E-state index contributed by atoms with van der Waals surface area (Å²) in [5.41, 5.74) is 1.61. The van der Waals surface area contributed by atoms with Gasteiger partial charge < -0.3 is 15.0 Å². The Morgan fingerprint density at radius 3 is 3.17 bits per heavy atom. The molecule has 98 valence electrons. The predicted molar refractivity (Wildman–Crippen MR) is 66.4 cm³/mol. The summed E-state index contributed by atoms with van der Waals surface area (Å²) in [6, 6.07) is -0.548. The van der Waals surface area contributed by atoms with Crippen molar-refractivity contribution in [3.63, 3.8) is 0 Å². The average molecular weight is 269 g/mol. The summed E-state index contributed by atoms with van der Waals surface area (Å²) >= 11 is 1.28. The molecule has 1 aromatic heterocycles. The van der Waals surface area contributed by atoms with E-state index in [0.29, 0.717) is 31.1 Å². The van der Waals surface area contributed by atoms with Gasteiger partial charge in [0, 0.05) is 19.6 Å². The zero-order valence-electron chi connectivity index (χ0n) is 10.1. The molecule has 1 fully saturated rings. The van der Waals surface area contributed by atoms with Crippen LogP contribution in [0.15, 0.2) is 11.7 Å². The number of esters is 1. The largest absolute Gasteiger partial charge is 0.464 e. The van der Waals surface area contributed by atoms with E-state index < -0.39 is 6.04 Å². The van der Waals surface area contributed by atoms with Gasteiger partial charge in [-0.3, -0.25) is 9.78 Å². The Morgan fingerprint density at radius 2 is 2.50 bits per heavy atom. The van der Waals surface area contributed by atoms with E-state index in [0.717, 1.165) is 0 Å². The Hall–Kier alpha value is -1.47. The second-order valence-electron chi connectivity index (χ2n) is 3.84. The summed E-state index contributed by atoms with van der Waals surface area (Å²) < 4.78 is 4.99. The van der Waals surface area contributed by atoms with Gasteiger partial charge in [-0.05, 0) is 6.92 Å². The molecule has 1 unspecified atom stereocenters. The van der Waals surface area contributed by atoms with Crippen LogP contribution in [0.25, 0.3) is 0 Å². The number of thiazole rings is 1. The normalized spacial score (nSPS) is 19.6. The van der Waals surface area contributed by atoms with Gasteiger partial charge in [-0.2, -0.15) is 0 Å². The lowest BCUT2D eigenvalue weighted by atomic mass is 10.2. The molecule has 2 rings (SSSR count). The van der Waals surface area contributed by atoms with Crippen molar-refractivity contribution in [1.29, 1.82) is 0 Å². The zero-order valence-corrected chi connectivity index (χ0v) is 10.9. The number of nitrogens with zero attached hydrogens (tertiary/aromatic N) is 2. The van der Waals surface area contributed by atoms with Crippen molar-refractivity contribution in [1.82, 2.24) is 15.2 Å². The lowest BCUT2D eigenvalue weighted by Gasteiger charge is -2.34. The number of hydrogen-bond donors (Lipinski definition) is 1. The van der Waals surface area contributed by atoms with Crippen LogP contribution in [0.5, 0.6) is 0 Å². The highest BCUT2D eigenvalue weighted by Gasteiger charge is 2.34. The molecule has 7 heteroatoms. The van der Waals surface area contributed by atoms with Gasteiger partial charge in [0.2, 0.25) is 0 Å². The summed E-state index contributed by atoms with van der Waals surface area (Å²) in [5, 5.41) is 3.10. The molecular weight excluding hydrogens is 254 g/mol. The van der Waals surface area contributed by atoms with Gasteiger partial charge in [0.05, 0.1) is 18.3 Å². The molecule has 1 saturated heterocycles. The van der Waals surface area contributed by atoms with Gasteiger partial charge in [0.25, 0.3) is 5.91 Å². The highest BCUT2D eigenvalue weighted by molar-refractivity contribution is 7.11. The van der Waals surface area contributed by atoms with E-state index in [4.69, 9.17) is 4.74 Å². The number of ether oxygens (including phenoxy) is 1. The Bertz CT molecular complexity index is 421. The van der Waals surface area contributed by atoms with Crippen molar-refractivity contribution in [3.8, 4) is 0 Å². The fourth-order valence-electron chi connectivity index (χ4n) is 1.86. The number of nitrogens with one attached hydrogen (secondary N) is 1. The van der Waals surface area contributed by atoms with Crippen LogP contribution in [-0.4, -0.2) is 54.0 Å². The van der Waals surface area contributed by atoms with Gasteiger partial charge in [0.1, 0.15) is 10.9 Å². The first-order chi connectivity index (χ1) is 8.74. The maximum absolute atomic E-state index is 12.2. The third-order valence-electron chi connectivity index (χ3n) is 2.71. The SMILES string of the molecule is CCOC(=O)C1CNCCN1C(=O)c1cncs1. The van der Waals surface area contributed by atoms with Crippen LogP contribution in [0.1, 0.15) is 16.6 Å². The third kappa shape index (κ3) is 2.68. The van der Waals surface area contributed by atoms with Gasteiger partial charge >= 0.3 is 5.97 Å². The zero-order chi connectivity index (χ0) is 13.0. The van der Waals surface area contributed by atoms with Crippen LogP contribution < -0.4 is 5.32 Å². The average Bonchev–Trinajstić information content (AvgIpc) is 2.92. The van der Waals surface area contributed by atoms with Gasteiger partial charge in [-0.1, -0.05) is 0 Å². The molecule has 1 aromatic rings. The Labute approximate surface area is 109 Å². The summed E-state index contributed by atoms with van der Waals surface area (Å²) in [4.78, 5) is 30.0.